The summed E-state index contributed by atoms with van der Waals surface area (Å²) in [7, 11) is 0. The number of aliphatic hydroxyl groups excluding tert-OH is 3. The second kappa shape index (κ2) is 7.16. The fraction of sp³-hybridized carbons (Fsp3) is 0.500. The molecule has 6 N–H and O–H groups in total. The minimum absolute atomic E-state index is 0.0412. The van der Waals surface area contributed by atoms with Gasteiger partial charge < -0.3 is 30.9 Å². The zero-order valence-electron chi connectivity index (χ0n) is 13.2. The van der Waals surface area contributed by atoms with Crippen LogP contribution >= 0.6 is 0 Å². The van der Waals surface area contributed by atoms with E-state index in [1.807, 2.05) is 0 Å². The minimum Gasteiger partial charge on any atom is -0.476 e. The average molecular weight is 355 g/mol. The summed E-state index contributed by atoms with van der Waals surface area (Å²) < 4.78 is 19.8. The third-order valence-corrected chi connectivity index (χ3v) is 3.54. The molecule has 0 aliphatic rings. The molecule has 25 heavy (non-hydrogen) atoms. The molecule has 10 nitrogen and oxygen atoms in total. The Morgan fingerprint density at radius 2 is 2.16 bits per heavy atom. The summed E-state index contributed by atoms with van der Waals surface area (Å²) in [5, 5.41) is 39.5. The van der Waals surface area contributed by atoms with E-state index in [0.29, 0.717) is 0 Å². The number of rotatable bonds is 7. The van der Waals surface area contributed by atoms with Crippen molar-refractivity contribution in [2.75, 3.05) is 18.9 Å². The van der Waals surface area contributed by atoms with Crippen molar-refractivity contribution in [3.63, 3.8) is 0 Å². The van der Waals surface area contributed by atoms with E-state index < -0.39 is 30.7 Å². The van der Waals surface area contributed by atoms with Crippen molar-refractivity contribution < 1.29 is 29.6 Å². The lowest BCUT2D eigenvalue weighted by molar-refractivity contribution is -0.159. The summed E-state index contributed by atoms with van der Waals surface area (Å²) in [6.07, 6.45) is -0.391. The predicted molar refractivity (Wildman–Crippen MR) is 83.9 cm³/mol. The number of imidazole rings is 1. The van der Waals surface area contributed by atoms with Crippen LogP contribution in [-0.2, 0) is 0 Å². The summed E-state index contributed by atoms with van der Waals surface area (Å²) >= 11 is 0. The maximum absolute atomic E-state index is 13.6. The molecule has 2 aromatic rings. The van der Waals surface area contributed by atoms with Crippen molar-refractivity contribution in [2.24, 2.45) is 0 Å². The Hall–Kier alpha value is -2.52. The van der Waals surface area contributed by atoms with Gasteiger partial charge in [-0.1, -0.05) is 5.92 Å². The first-order valence-corrected chi connectivity index (χ1v) is 7.24. The van der Waals surface area contributed by atoms with Gasteiger partial charge in [-0.2, -0.15) is 9.97 Å². The largest absolute Gasteiger partial charge is 0.476 e. The average Bonchev–Trinajstić information content (AvgIpc) is 3.02. The van der Waals surface area contributed by atoms with Crippen molar-refractivity contribution >= 4 is 17.1 Å². The smallest absolute Gasteiger partial charge is 0.247 e. The number of aromatic nitrogens is 4. The van der Waals surface area contributed by atoms with Crippen molar-refractivity contribution in [3.8, 4) is 18.2 Å². The molecular weight excluding hydrogens is 337 g/mol. The normalized spacial score (nSPS) is 17.5. The number of halogens is 1. The third kappa shape index (κ3) is 3.20. The molecule has 0 aromatic carbocycles. The molecule has 0 spiro atoms. The monoisotopic (exact) mass is 355 g/mol. The van der Waals surface area contributed by atoms with E-state index in [0.717, 1.165) is 10.9 Å². The molecule has 0 saturated heterocycles. The zero-order valence-corrected chi connectivity index (χ0v) is 13.2. The van der Waals surface area contributed by atoms with Crippen LogP contribution in [0.25, 0.3) is 11.2 Å². The molecule has 2 heterocycles. The number of ether oxygens (including phenoxy) is 1. The predicted octanol–water partition coefficient (Wildman–Crippen LogP) is -1.65. The molecular formula is C14H18FN5O5. The quantitative estimate of drug-likeness (QED) is 0.367. The molecule has 11 heteroatoms. The molecule has 0 saturated carbocycles. The van der Waals surface area contributed by atoms with Crippen LogP contribution in [-0.4, -0.2) is 71.0 Å². The maximum Gasteiger partial charge on any atom is 0.247 e. The first kappa shape index (κ1) is 18.8. The van der Waals surface area contributed by atoms with Gasteiger partial charge in [0.25, 0.3) is 0 Å². The first-order chi connectivity index (χ1) is 11.8. The van der Waals surface area contributed by atoms with Gasteiger partial charge in [-0.15, -0.1) is 6.42 Å². The minimum atomic E-state index is -2.78. The number of anilines is 1. The Bertz CT molecular complexity index is 794. The Morgan fingerprint density at radius 1 is 1.48 bits per heavy atom. The molecule has 2 rings (SSSR count). The lowest BCUT2D eigenvalue weighted by atomic mass is 9.92. The van der Waals surface area contributed by atoms with Crippen LogP contribution in [0.3, 0.4) is 0 Å². The second-order valence-corrected chi connectivity index (χ2v) is 5.13. The Morgan fingerprint density at radius 3 is 2.72 bits per heavy atom. The molecule has 0 aliphatic carbocycles. The molecule has 0 fully saturated rings. The standard InChI is InChI=1S/C14H18FN5O5/c1-3-14(24,9(22)7(15)5-21)12(23)20-6-17-8-10(20)18-13(16)19-11(8)25-4-2/h1,6-7,9,12,21-24H,4-5H2,2H3,(H2,16,18,19)/t7-,9+,12+,14+/m0/s1. The van der Waals surface area contributed by atoms with Crippen molar-refractivity contribution in [1.29, 1.82) is 0 Å². The van der Waals surface area contributed by atoms with E-state index in [-0.39, 0.29) is 29.6 Å². The first-order valence-electron chi connectivity index (χ1n) is 7.24. The van der Waals surface area contributed by atoms with Crippen LogP contribution in [0.15, 0.2) is 6.33 Å². The molecule has 0 unspecified atom stereocenters. The molecule has 0 radical (unpaired) electrons. The van der Waals surface area contributed by atoms with E-state index in [9.17, 15) is 19.7 Å². The van der Waals surface area contributed by atoms with E-state index in [1.165, 1.54) is 0 Å². The SMILES string of the molecule is C#C[C@@](O)([C@H](O)[C@@H](F)CO)[C@@H](O)n1cnc2c(OCC)nc(N)nc21. The number of hydrogen-bond acceptors (Lipinski definition) is 9. The highest BCUT2D eigenvalue weighted by Gasteiger charge is 2.47. The Kier molecular flexibility index (Phi) is 5.39. The number of terminal acetylenes is 1. The lowest BCUT2D eigenvalue weighted by Crippen LogP contribution is -2.53. The van der Waals surface area contributed by atoms with Crippen LogP contribution in [0, 0.1) is 12.3 Å². The zero-order chi connectivity index (χ0) is 18.8. The lowest BCUT2D eigenvalue weighted by Gasteiger charge is -2.34. The number of hydrogen-bond donors (Lipinski definition) is 5. The van der Waals surface area contributed by atoms with Crippen LogP contribution in [0.1, 0.15) is 13.2 Å². The topological polar surface area (TPSA) is 160 Å². The summed E-state index contributed by atoms with van der Waals surface area (Å²) in [5.41, 5.74) is 2.87. The number of nitrogens with zero attached hydrogens (tertiary/aromatic N) is 4. The van der Waals surface area contributed by atoms with Gasteiger partial charge >= 0.3 is 0 Å². The number of fused-ring (bicyclic) bond motifs is 1. The summed E-state index contributed by atoms with van der Waals surface area (Å²) in [4.78, 5) is 11.7. The Balaban J connectivity index is 2.55. The van der Waals surface area contributed by atoms with Gasteiger partial charge in [-0.3, -0.25) is 4.57 Å². The Labute approximate surface area is 141 Å². The fourth-order valence-electron chi connectivity index (χ4n) is 2.22. The van der Waals surface area contributed by atoms with Gasteiger partial charge in [0.15, 0.2) is 29.2 Å². The highest BCUT2D eigenvalue weighted by molar-refractivity contribution is 5.77. The van der Waals surface area contributed by atoms with Crippen molar-refractivity contribution in [3.05, 3.63) is 6.33 Å². The van der Waals surface area contributed by atoms with E-state index in [1.54, 1.807) is 12.8 Å². The molecule has 0 amide bonds. The van der Waals surface area contributed by atoms with Crippen LogP contribution in [0.4, 0.5) is 10.3 Å². The van der Waals surface area contributed by atoms with Gasteiger partial charge in [-0.25, -0.2) is 9.37 Å². The van der Waals surface area contributed by atoms with E-state index in [4.69, 9.17) is 22.0 Å². The number of nitrogens with two attached hydrogens (primary N) is 1. The molecule has 0 bridgehead atoms. The highest BCUT2D eigenvalue weighted by Crippen LogP contribution is 2.31. The maximum atomic E-state index is 13.6. The van der Waals surface area contributed by atoms with Crippen molar-refractivity contribution in [1.82, 2.24) is 19.5 Å². The van der Waals surface area contributed by atoms with Crippen LogP contribution in [0.5, 0.6) is 5.88 Å². The summed E-state index contributed by atoms with van der Waals surface area (Å²) in [6, 6.07) is 0. The second-order valence-electron chi connectivity index (χ2n) is 5.13. The molecule has 4 atom stereocenters. The molecule has 0 aliphatic heterocycles. The molecule has 136 valence electrons. The molecule has 2 aromatic heterocycles. The van der Waals surface area contributed by atoms with Crippen LogP contribution in [0.2, 0.25) is 0 Å². The van der Waals surface area contributed by atoms with Gasteiger partial charge in [0, 0.05) is 0 Å². The highest BCUT2D eigenvalue weighted by atomic mass is 19.1. The number of aliphatic hydroxyl groups is 4. The van der Waals surface area contributed by atoms with E-state index >= 15 is 0 Å². The van der Waals surface area contributed by atoms with Gasteiger partial charge in [0.1, 0.15) is 6.10 Å². The number of nitrogen functional groups attached to an aromatic ring is 1. The number of alkyl halides is 1. The summed E-state index contributed by atoms with van der Waals surface area (Å²) in [6.45, 7) is 0.861. The summed E-state index contributed by atoms with van der Waals surface area (Å²) in [5.74, 6) is 1.59. The van der Waals surface area contributed by atoms with Crippen LogP contribution < -0.4 is 10.5 Å². The third-order valence-electron chi connectivity index (χ3n) is 3.54. The fourth-order valence-corrected chi connectivity index (χ4v) is 2.22. The van der Waals surface area contributed by atoms with Crippen molar-refractivity contribution in [2.45, 2.75) is 31.0 Å². The van der Waals surface area contributed by atoms with Gasteiger partial charge in [0.05, 0.1) is 19.5 Å². The van der Waals surface area contributed by atoms with E-state index in [2.05, 4.69) is 15.0 Å². The van der Waals surface area contributed by atoms with Gasteiger partial charge in [-0.05, 0) is 6.92 Å². The van der Waals surface area contributed by atoms with Gasteiger partial charge in [0.2, 0.25) is 11.8 Å².